The Bertz CT molecular complexity index is 939. The summed E-state index contributed by atoms with van der Waals surface area (Å²) in [7, 11) is 2.14. The van der Waals surface area contributed by atoms with Gasteiger partial charge in [-0.05, 0) is 70.2 Å². The molecule has 0 bridgehead atoms. The molecule has 0 spiro atoms. The van der Waals surface area contributed by atoms with Crippen molar-refractivity contribution in [1.82, 2.24) is 4.90 Å². The fourth-order valence-electron chi connectivity index (χ4n) is 4.87. The molecule has 5 nitrogen and oxygen atoms in total. The van der Waals surface area contributed by atoms with E-state index < -0.39 is 11.7 Å². The van der Waals surface area contributed by atoms with Crippen LogP contribution in [0.4, 0.5) is 10.5 Å². The lowest BCUT2D eigenvalue weighted by Crippen LogP contribution is -2.51. The van der Waals surface area contributed by atoms with Gasteiger partial charge >= 0.3 is 6.09 Å². The molecular weight excluding hydrogens is 410 g/mol. The topological polar surface area (TPSA) is 45.1 Å². The molecule has 180 valence electrons. The van der Waals surface area contributed by atoms with Crippen molar-refractivity contribution in [1.29, 1.82) is 0 Å². The molecule has 3 rings (SSSR count). The van der Waals surface area contributed by atoms with E-state index in [1.54, 1.807) is 0 Å². The van der Waals surface area contributed by atoms with Gasteiger partial charge in [0, 0.05) is 18.2 Å². The van der Waals surface area contributed by atoms with Gasteiger partial charge in [-0.2, -0.15) is 10.1 Å². The number of rotatable bonds is 5. The summed E-state index contributed by atoms with van der Waals surface area (Å²) in [5, 5.41) is 6.17. The maximum absolute atomic E-state index is 13.2. The molecule has 4 unspecified atom stereocenters. The number of allylic oxidation sites excluding steroid dienone is 2. The third-order valence-electron chi connectivity index (χ3n) is 7.73. The molecule has 1 aliphatic carbocycles. The summed E-state index contributed by atoms with van der Waals surface area (Å²) >= 11 is 0. The zero-order chi connectivity index (χ0) is 24.6. The molecule has 1 heterocycles. The number of fused-ring (bicyclic) bond motifs is 1. The summed E-state index contributed by atoms with van der Waals surface area (Å²) in [5.41, 5.74) is 0.891. The van der Waals surface area contributed by atoms with Crippen LogP contribution in [-0.4, -0.2) is 41.4 Å². The zero-order valence-electron chi connectivity index (χ0n) is 21.8. The summed E-state index contributed by atoms with van der Waals surface area (Å²) in [5.74, 6) is 0.836. The molecule has 1 saturated heterocycles. The van der Waals surface area contributed by atoms with Crippen LogP contribution in [0.1, 0.15) is 73.3 Å². The molecule has 33 heavy (non-hydrogen) atoms. The second-order valence-corrected chi connectivity index (χ2v) is 11.2. The number of amides is 1. The summed E-state index contributed by atoms with van der Waals surface area (Å²) in [6.07, 6.45) is 11.3. The van der Waals surface area contributed by atoms with E-state index in [4.69, 9.17) is 9.84 Å². The Hall–Kier alpha value is -2.40. The number of likely N-dealkylation sites (N-methyl/N-ethyl adjacent to an activating group) is 1. The highest BCUT2D eigenvalue weighted by Gasteiger charge is 2.58. The van der Waals surface area contributed by atoms with Gasteiger partial charge in [-0.25, -0.2) is 4.79 Å². The van der Waals surface area contributed by atoms with Gasteiger partial charge in [-0.15, -0.1) is 0 Å². The molecule has 4 atom stereocenters. The van der Waals surface area contributed by atoms with Crippen molar-refractivity contribution in [3.63, 3.8) is 0 Å². The first kappa shape index (κ1) is 25.2. The average molecular weight is 452 g/mol. The monoisotopic (exact) mass is 451 g/mol. The number of benzene rings is 1. The van der Waals surface area contributed by atoms with E-state index in [0.29, 0.717) is 23.6 Å². The van der Waals surface area contributed by atoms with Crippen LogP contribution in [0.5, 0.6) is 0 Å². The maximum Gasteiger partial charge on any atom is 0.435 e. The van der Waals surface area contributed by atoms with Crippen molar-refractivity contribution in [3.05, 3.63) is 54.1 Å². The molecule has 5 heteroatoms. The normalized spacial score (nSPS) is 27.5. The molecule has 0 radical (unpaired) electrons. The van der Waals surface area contributed by atoms with Gasteiger partial charge in [0.1, 0.15) is 5.60 Å². The summed E-state index contributed by atoms with van der Waals surface area (Å²) in [6, 6.07) is 8.37. The molecule has 0 N–H and O–H groups in total. The number of anilines is 1. The first-order valence-electron chi connectivity index (χ1n) is 12.1. The molecule has 1 aliphatic heterocycles. The molecule has 1 aromatic rings. The van der Waals surface area contributed by atoms with Crippen molar-refractivity contribution in [2.45, 2.75) is 84.9 Å². The minimum Gasteiger partial charge on any atom is -0.442 e. The van der Waals surface area contributed by atoms with Crippen LogP contribution in [0.3, 0.4) is 0 Å². The van der Waals surface area contributed by atoms with Gasteiger partial charge in [-0.1, -0.05) is 64.1 Å². The second kappa shape index (κ2) is 9.09. The van der Waals surface area contributed by atoms with Gasteiger partial charge in [0.2, 0.25) is 0 Å². The molecule has 1 aromatic carbocycles. The van der Waals surface area contributed by atoms with E-state index in [0.717, 1.165) is 6.42 Å². The van der Waals surface area contributed by atoms with E-state index in [1.807, 2.05) is 39.1 Å². The fraction of sp³-hybridized carbons (Fsp3) is 0.571. The third kappa shape index (κ3) is 4.79. The van der Waals surface area contributed by atoms with Crippen LogP contribution in [0.25, 0.3) is 0 Å². The Morgan fingerprint density at radius 3 is 2.33 bits per heavy atom. The van der Waals surface area contributed by atoms with E-state index >= 15 is 0 Å². The van der Waals surface area contributed by atoms with Crippen molar-refractivity contribution in [2.75, 3.05) is 12.1 Å². The molecular formula is C28H41N3O2. The predicted molar refractivity (Wildman–Crippen MR) is 138 cm³/mol. The Morgan fingerprint density at radius 2 is 1.79 bits per heavy atom. The fourth-order valence-corrected chi connectivity index (χ4v) is 4.87. The molecule has 1 fully saturated rings. The maximum atomic E-state index is 13.2. The number of hydrogen-bond acceptors (Lipinski definition) is 4. The largest absolute Gasteiger partial charge is 0.442 e. The highest BCUT2D eigenvalue weighted by atomic mass is 16.6. The number of hydrazone groups is 1. The van der Waals surface area contributed by atoms with E-state index in [-0.39, 0.29) is 11.0 Å². The number of nitrogens with zero attached hydrogens (tertiary/aromatic N) is 3. The third-order valence-corrected chi connectivity index (χ3v) is 7.73. The first-order chi connectivity index (χ1) is 15.3. The quantitative estimate of drug-likeness (QED) is 0.367. The van der Waals surface area contributed by atoms with Crippen LogP contribution < -0.4 is 5.01 Å². The number of ether oxygens (including phenoxy) is 1. The standard InChI is InChI=1S/C28H41N3O2/c1-10-20(2)21-15-17-22(18-16-21)31(25(32)33-26(3,4)5)29-19-28(8)27(6,7)23-13-11-12-14-24(23)30(28)9/h11-20,23-24H,10H2,1-9H3/b29-19-. The van der Waals surface area contributed by atoms with Crippen LogP contribution in [0.2, 0.25) is 0 Å². The minimum atomic E-state index is -0.612. The van der Waals surface area contributed by atoms with E-state index in [1.165, 1.54) is 10.6 Å². The molecule has 0 saturated carbocycles. The van der Waals surface area contributed by atoms with Gasteiger partial charge in [0.25, 0.3) is 0 Å². The summed E-state index contributed by atoms with van der Waals surface area (Å²) < 4.78 is 5.71. The lowest BCUT2D eigenvalue weighted by Gasteiger charge is -2.41. The lowest BCUT2D eigenvalue weighted by atomic mass is 9.67. The van der Waals surface area contributed by atoms with E-state index in [2.05, 4.69) is 83.0 Å². The second-order valence-electron chi connectivity index (χ2n) is 11.2. The smallest absolute Gasteiger partial charge is 0.435 e. The van der Waals surface area contributed by atoms with E-state index in [9.17, 15) is 4.79 Å². The van der Waals surface area contributed by atoms with Crippen LogP contribution in [0, 0.1) is 11.3 Å². The van der Waals surface area contributed by atoms with Crippen LogP contribution >= 0.6 is 0 Å². The van der Waals surface area contributed by atoms with Gasteiger partial charge in [-0.3, -0.25) is 4.90 Å². The van der Waals surface area contributed by atoms with Crippen molar-refractivity contribution >= 4 is 18.0 Å². The van der Waals surface area contributed by atoms with Gasteiger partial charge < -0.3 is 4.74 Å². The highest BCUT2D eigenvalue weighted by Crippen LogP contribution is 2.52. The Kier molecular flexibility index (Phi) is 6.95. The SMILES string of the molecule is CCC(C)c1ccc(N(/N=C\C2(C)N(C)C3C=CC=CC3C2(C)C)C(=O)OC(C)(C)C)cc1. The molecule has 1 amide bonds. The number of likely N-dealkylation sites (tertiary alicyclic amines) is 1. The Balaban J connectivity index is 1.98. The Morgan fingerprint density at radius 1 is 1.18 bits per heavy atom. The highest BCUT2D eigenvalue weighted by molar-refractivity contribution is 5.89. The summed E-state index contributed by atoms with van der Waals surface area (Å²) in [6.45, 7) is 16.8. The molecule has 2 aliphatic rings. The van der Waals surface area contributed by atoms with Gasteiger partial charge in [0.05, 0.1) is 11.2 Å². The lowest BCUT2D eigenvalue weighted by molar-refractivity contribution is 0.0580. The van der Waals surface area contributed by atoms with Crippen molar-refractivity contribution in [3.8, 4) is 0 Å². The van der Waals surface area contributed by atoms with Gasteiger partial charge in [0.15, 0.2) is 0 Å². The number of hydrogen-bond donors (Lipinski definition) is 0. The molecule has 0 aromatic heterocycles. The number of carbonyl (C=O) groups excluding carboxylic acids is 1. The average Bonchev–Trinajstić information content (AvgIpc) is 2.91. The first-order valence-corrected chi connectivity index (χ1v) is 12.1. The predicted octanol–water partition coefficient (Wildman–Crippen LogP) is 6.77. The summed E-state index contributed by atoms with van der Waals surface area (Å²) in [4.78, 5) is 15.6. The zero-order valence-corrected chi connectivity index (χ0v) is 21.8. The number of carbonyl (C=O) groups is 1. The van der Waals surface area contributed by atoms with Crippen LogP contribution in [-0.2, 0) is 4.74 Å². The van der Waals surface area contributed by atoms with Crippen molar-refractivity contribution < 1.29 is 9.53 Å². The minimum absolute atomic E-state index is 0.0861. The Labute approximate surface area is 200 Å². The van der Waals surface area contributed by atoms with Crippen molar-refractivity contribution in [2.24, 2.45) is 16.4 Å². The van der Waals surface area contributed by atoms with Crippen LogP contribution in [0.15, 0.2) is 53.7 Å².